The molecule has 0 bridgehead atoms. The largest absolute Gasteiger partial charge is 0.349 e. The van der Waals surface area contributed by atoms with E-state index in [2.05, 4.69) is 9.71 Å². The highest BCUT2D eigenvalue weighted by atomic mass is 32.2. The van der Waals surface area contributed by atoms with Crippen LogP contribution in [0.2, 0.25) is 0 Å². The summed E-state index contributed by atoms with van der Waals surface area (Å²) >= 11 is 0. The number of hydrogen-bond donors (Lipinski definition) is 1. The Balaban J connectivity index is 2.00. The van der Waals surface area contributed by atoms with Crippen molar-refractivity contribution < 1.29 is 18.0 Å². The Labute approximate surface area is 147 Å². The fourth-order valence-electron chi connectivity index (χ4n) is 2.57. The van der Waals surface area contributed by atoms with Crippen LogP contribution >= 0.6 is 0 Å². The first-order chi connectivity index (χ1) is 11.8. The van der Waals surface area contributed by atoms with E-state index in [4.69, 9.17) is 0 Å². The number of amides is 2. The van der Waals surface area contributed by atoms with Gasteiger partial charge in [0.15, 0.2) is 5.84 Å². The minimum atomic E-state index is -3.73. The van der Waals surface area contributed by atoms with Crippen LogP contribution in [0.5, 0.6) is 0 Å². The number of benzene rings is 1. The maximum absolute atomic E-state index is 12.1. The van der Waals surface area contributed by atoms with Gasteiger partial charge in [0.05, 0.1) is 13.1 Å². The summed E-state index contributed by atoms with van der Waals surface area (Å²) in [6.45, 7) is 4.71. The SMILES string of the molecule is CCN(CC)C(=O)CNC(=O)CN(C)C1=NS(=O)(=O)c2ccccc21. The summed E-state index contributed by atoms with van der Waals surface area (Å²) in [5, 5.41) is 2.55. The molecule has 136 valence electrons. The highest BCUT2D eigenvalue weighted by molar-refractivity contribution is 7.90. The van der Waals surface area contributed by atoms with Gasteiger partial charge in [-0.25, -0.2) is 0 Å². The third kappa shape index (κ3) is 4.16. The van der Waals surface area contributed by atoms with Gasteiger partial charge in [0.2, 0.25) is 11.8 Å². The molecule has 8 nitrogen and oxygen atoms in total. The van der Waals surface area contributed by atoms with Gasteiger partial charge in [0.25, 0.3) is 10.0 Å². The van der Waals surface area contributed by atoms with Crippen molar-refractivity contribution >= 4 is 27.7 Å². The summed E-state index contributed by atoms with van der Waals surface area (Å²) in [4.78, 5) is 27.2. The number of fused-ring (bicyclic) bond motifs is 1. The van der Waals surface area contributed by atoms with Gasteiger partial charge in [0.1, 0.15) is 4.90 Å². The molecular formula is C16H22N4O4S. The maximum atomic E-state index is 12.1. The minimum Gasteiger partial charge on any atom is -0.349 e. The van der Waals surface area contributed by atoms with Gasteiger partial charge in [0, 0.05) is 25.7 Å². The van der Waals surface area contributed by atoms with Crippen LogP contribution in [0.1, 0.15) is 19.4 Å². The van der Waals surface area contributed by atoms with E-state index in [0.717, 1.165) is 0 Å². The van der Waals surface area contributed by atoms with Crippen molar-refractivity contribution in [3.05, 3.63) is 29.8 Å². The number of carbonyl (C=O) groups excluding carboxylic acids is 2. The van der Waals surface area contributed by atoms with Crippen LogP contribution in [-0.2, 0) is 19.6 Å². The van der Waals surface area contributed by atoms with E-state index in [-0.39, 0.29) is 35.6 Å². The van der Waals surface area contributed by atoms with E-state index in [1.165, 1.54) is 11.0 Å². The van der Waals surface area contributed by atoms with Crippen LogP contribution in [-0.4, -0.2) is 69.1 Å². The molecule has 0 unspecified atom stereocenters. The van der Waals surface area contributed by atoms with Gasteiger partial charge in [-0.15, -0.1) is 4.40 Å². The molecule has 2 amide bonds. The Kier molecular flexibility index (Phi) is 5.78. The van der Waals surface area contributed by atoms with E-state index in [9.17, 15) is 18.0 Å². The first kappa shape index (κ1) is 18.9. The first-order valence-corrected chi connectivity index (χ1v) is 9.44. The molecule has 9 heteroatoms. The fourth-order valence-corrected chi connectivity index (χ4v) is 3.82. The van der Waals surface area contributed by atoms with Crippen molar-refractivity contribution in [2.45, 2.75) is 18.7 Å². The van der Waals surface area contributed by atoms with Crippen LogP contribution in [0.25, 0.3) is 0 Å². The molecule has 1 heterocycles. The van der Waals surface area contributed by atoms with Gasteiger partial charge in [-0.2, -0.15) is 8.42 Å². The Morgan fingerprint density at radius 2 is 1.80 bits per heavy atom. The highest BCUT2D eigenvalue weighted by Crippen LogP contribution is 2.26. The summed E-state index contributed by atoms with van der Waals surface area (Å²) in [6, 6.07) is 6.47. The standard InChI is InChI=1S/C16H22N4O4S/c1-4-20(5-2)15(22)10-17-14(21)11-19(3)16-12-8-6-7-9-13(12)25(23,24)18-16/h6-9H,4-5,10-11H2,1-3H3,(H,17,21). The predicted octanol–water partition coefficient (Wildman–Crippen LogP) is 0.0519. The number of hydrogen-bond acceptors (Lipinski definition) is 5. The molecule has 0 saturated carbocycles. The summed E-state index contributed by atoms with van der Waals surface area (Å²) in [5.74, 6) is -0.319. The molecule has 1 aliphatic heterocycles. The van der Waals surface area contributed by atoms with Crippen molar-refractivity contribution in [1.82, 2.24) is 15.1 Å². The Hall–Kier alpha value is -2.42. The molecule has 0 aromatic heterocycles. The van der Waals surface area contributed by atoms with Crippen molar-refractivity contribution in [2.75, 3.05) is 33.2 Å². The molecule has 0 fully saturated rings. The lowest BCUT2D eigenvalue weighted by Crippen LogP contribution is -2.44. The number of likely N-dealkylation sites (N-methyl/N-ethyl adjacent to an activating group) is 2. The second kappa shape index (κ2) is 7.64. The number of rotatable bonds is 6. The van der Waals surface area contributed by atoms with Gasteiger partial charge in [-0.1, -0.05) is 12.1 Å². The van der Waals surface area contributed by atoms with Crippen molar-refractivity contribution in [1.29, 1.82) is 0 Å². The normalized spacial score (nSPS) is 14.4. The van der Waals surface area contributed by atoms with Gasteiger partial charge >= 0.3 is 0 Å². The van der Waals surface area contributed by atoms with E-state index in [1.807, 2.05) is 13.8 Å². The average Bonchev–Trinajstić information content (AvgIpc) is 2.86. The summed E-state index contributed by atoms with van der Waals surface area (Å²) in [7, 11) is -2.14. The van der Waals surface area contributed by atoms with Gasteiger partial charge in [-0.3, -0.25) is 9.59 Å². The zero-order chi connectivity index (χ0) is 18.6. The molecule has 1 aromatic rings. The lowest BCUT2D eigenvalue weighted by atomic mass is 10.2. The molecule has 2 rings (SSSR count). The average molecular weight is 366 g/mol. The lowest BCUT2D eigenvalue weighted by molar-refractivity contribution is -0.132. The second-order valence-corrected chi connectivity index (χ2v) is 7.16. The molecule has 25 heavy (non-hydrogen) atoms. The maximum Gasteiger partial charge on any atom is 0.285 e. The Morgan fingerprint density at radius 3 is 2.44 bits per heavy atom. The smallest absolute Gasteiger partial charge is 0.285 e. The highest BCUT2D eigenvalue weighted by Gasteiger charge is 2.30. The summed E-state index contributed by atoms with van der Waals surface area (Å²) in [6.07, 6.45) is 0. The number of nitrogens with zero attached hydrogens (tertiary/aromatic N) is 3. The topological polar surface area (TPSA) is 99.2 Å². The molecule has 0 radical (unpaired) electrons. The molecule has 1 aromatic carbocycles. The number of amidine groups is 1. The van der Waals surface area contributed by atoms with Crippen LogP contribution in [0.15, 0.2) is 33.6 Å². The van der Waals surface area contributed by atoms with Crippen molar-refractivity contribution in [3.63, 3.8) is 0 Å². The molecule has 1 N–H and O–H groups in total. The van der Waals surface area contributed by atoms with Crippen molar-refractivity contribution in [3.8, 4) is 0 Å². The monoisotopic (exact) mass is 366 g/mol. The van der Waals surface area contributed by atoms with Crippen molar-refractivity contribution in [2.24, 2.45) is 4.40 Å². The van der Waals surface area contributed by atoms with E-state index >= 15 is 0 Å². The number of nitrogens with one attached hydrogen (secondary N) is 1. The Morgan fingerprint density at radius 1 is 1.16 bits per heavy atom. The van der Waals surface area contributed by atoms with E-state index in [1.54, 1.807) is 30.1 Å². The molecule has 1 aliphatic rings. The number of sulfonamides is 1. The molecular weight excluding hydrogens is 344 g/mol. The Bertz CT molecular complexity index is 800. The third-order valence-electron chi connectivity index (χ3n) is 3.91. The third-order valence-corrected chi connectivity index (χ3v) is 5.23. The van der Waals surface area contributed by atoms with Crippen LogP contribution in [0.3, 0.4) is 0 Å². The molecule has 0 spiro atoms. The fraction of sp³-hybridized carbons (Fsp3) is 0.438. The van der Waals surface area contributed by atoms with Gasteiger partial charge < -0.3 is 15.1 Å². The zero-order valence-electron chi connectivity index (χ0n) is 14.5. The molecule has 0 aliphatic carbocycles. The number of carbonyl (C=O) groups is 2. The summed E-state index contributed by atoms with van der Waals surface area (Å²) < 4.78 is 27.8. The van der Waals surface area contributed by atoms with E-state index < -0.39 is 10.0 Å². The minimum absolute atomic E-state index is 0.0876. The summed E-state index contributed by atoms with van der Waals surface area (Å²) in [5.41, 5.74) is 0.469. The molecule has 0 saturated heterocycles. The lowest BCUT2D eigenvalue weighted by Gasteiger charge is -2.20. The predicted molar refractivity (Wildman–Crippen MR) is 93.7 cm³/mol. The first-order valence-electron chi connectivity index (χ1n) is 8.00. The zero-order valence-corrected chi connectivity index (χ0v) is 15.3. The van der Waals surface area contributed by atoms with Crippen LogP contribution < -0.4 is 5.32 Å². The second-order valence-electron chi connectivity index (χ2n) is 5.58. The van der Waals surface area contributed by atoms with Crippen LogP contribution in [0, 0.1) is 0 Å². The van der Waals surface area contributed by atoms with E-state index in [0.29, 0.717) is 18.7 Å². The molecule has 0 atom stereocenters. The van der Waals surface area contributed by atoms with Gasteiger partial charge in [-0.05, 0) is 26.0 Å². The quantitative estimate of drug-likeness (QED) is 0.767. The van der Waals surface area contributed by atoms with Crippen LogP contribution in [0.4, 0.5) is 0 Å².